The Morgan fingerprint density at radius 3 is 2.61 bits per heavy atom. The van der Waals surface area contributed by atoms with Crippen LogP contribution in [0.5, 0.6) is 0 Å². The molecule has 100 valence electrons. The van der Waals surface area contributed by atoms with E-state index in [1.165, 1.54) is 18.5 Å². The van der Waals surface area contributed by atoms with Gasteiger partial charge in [-0.25, -0.2) is 0 Å². The third-order valence-electron chi connectivity index (χ3n) is 3.82. The summed E-state index contributed by atoms with van der Waals surface area (Å²) in [6.45, 7) is 9.15. The number of rotatable bonds is 4. The van der Waals surface area contributed by atoms with E-state index in [0.29, 0.717) is 12.1 Å². The molecule has 1 saturated heterocycles. The number of hydrogen-bond acceptors (Lipinski definition) is 2. The molecule has 1 aromatic carbocycles. The number of anilines is 1. The minimum Gasteiger partial charge on any atom is -0.366 e. The van der Waals surface area contributed by atoms with Crippen molar-refractivity contribution in [3.05, 3.63) is 30.3 Å². The molecule has 2 heteroatoms. The van der Waals surface area contributed by atoms with Crippen molar-refractivity contribution in [1.29, 1.82) is 0 Å². The summed E-state index contributed by atoms with van der Waals surface area (Å²) in [6.07, 6.45) is 2.47. The van der Waals surface area contributed by atoms with Crippen LogP contribution >= 0.6 is 0 Å². The van der Waals surface area contributed by atoms with Gasteiger partial charge in [0.05, 0.1) is 0 Å². The van der Waals surface area contributed by atoms with Gasteiger partial charge >= 0.3 is 0 Å². The summed E-state index contributed by atoms with van der Waals surface area (Å²) in [4.78, 5) is 2.59. The fourth-order valence-electron chi connectivity index (χ4n) is 2.89. The first-order chi connectivity index (χ1) is 8.70. The van der Waals surface area contributed by atoms with Crippen molar-refractivity contribution in [2.75, 3.05) is 18.0 Å². The monoisotopic (exact) mass is 246 g/mol. The summed E-state index contributed by atoms with van der Waals surface area (Å²) in [6, 6.07) is 12.1. The van der Waals surface area contributed by atoms with Crippen LogP contribution in [0.3, 0.4) is 0 Å². The normalized spacial score (nSPS) is 24.6. The lowest BCUT2D eigenvalue weighted by molar-refractivity contribution is 0.343. The Balaban J connectivity index is 2.08. The van der Waals surface area contributed by atoms with E-state index in [1.54, 1.807) is 0 Å². The van der Waals surface area contributed by atoms with E-state index in [1.807, 2.05) is 0 Å². The molecule has 2 nitrogen and oxygen atoms in total. The predicted molar refractivity (Wildman–Crippen MR) is 79.1 cm³/mol. The van der Waals surface area contributed by atoms with E-state index in [-0.39, 0.29) is 0 Å². The van der Waals surface area contributed by atoms with E-state index in [9.17, 15) is 0 Å². The van der Waals surface area contributed by atoms with Crippen molar-refractivity contribution in [3.63, 3.8) is 0 Å². The van der Waals surface area contributed by atoms with Gasteiger partial charge in [0.25, 0.3) is 0 Å². The molecule has 1 fully saturated rings. The number of para-hydroxylation sites is 1. The van der Waals surface area contributed by atoms with Crippen molar-refractivity contribution in [2.24, 2.45) is 5.92 Å². The first kappa shape index (κ1) is 13.4. The van der Waals surface area contributed by atoms with Gasteiger partial charge in [0.2, 0.25) is 0 Å². The number of hydrogen-bond donors (Lipinski definition) is 1. The molecule has 1 aliphatic rings. The van der Waals surface area contributed by atoms with Crippen molar-refractivity contribution in [2.45, 2.75) is 45.7 Å². The standard InChI is InChI=1S/C16H26N2/c1-4-15-11-17-14(10-13(2)3)12-18(15)16-8-6-5-7-9-16/h5-9,13-15,17H,4,10-12H2,1-3H3. The van der Waals surface area contributed by atoms with Crippen molar-refractivity contribution >= 4 is 5.69 Å². The Morgan fingerprint density at radius 2 is 2.00 bits per heavy atom. The molecule has 18 heavy (non-hydrogen) atoms. The molecule has 0 aromatic heterocycles. The molecule has 1 N–H and O–H groups in total. The Labute approximate surface area is 111 Å². The Bertz CT molecular complexity index is 347. The van der Waals surface area contributed by atoms with Crippen LogP contribution in [0.2, 0.25) is 0 Å². The largest absolute Gasteiger partial charge is 0.366 e. The third kappa shape index (κ3) is 3.26. The van der Waals surface area contributed by atoms with Gasteiger partial charge in [-0.3, -0.25) is 0 Å². The van der Waals surface area contributed by atoms with Crippen LogP contribution < -0.4 is 10.2 Å². The lowest BCUT2D eigenvalue weighted by atomic mass is 9.98. The predicted octanol–water partition coefficient (Wildman–Crippen LogP) is 3.29. The highest BCUT2D eigenvalue weighted by molar-refractivity contribution is 5.48. The maximum absolute atomic E-state index is 3.71. The zero-order chi connectivity index (χ0) is 13.0. The lowest BCUT2D eigenvalue weighted by Gasteiger charge is -2.42. The molecule has 0 aliphatic carbocycles. The second-order valence-corrected chi connectivity index (χ2v) is 5.78. The molecule has 0 bridgehead atoms. The van der Waals surface area contributed by atoms with Crippen LogP contribution in [-0.2, 0) is 0 Å². The second-order valence-electron chi connectivity index (χ2n) is 5.78. The van der Waals surface area contributed by atoms with Crippen LogP contribution in [-0.4, -0.2) is 25.2 Å². The Morgan fingerprint density at radius 1 is 1.28 bits per heavy atom. The van der Waals surface area contributed by atoms with Crippen molar-refractivity contribution in [3.8, 4) is 0 Å². The number of benzene rings is 1. The Hall–Kier alpha value is -1.02. The zero-order valence-electron chi connectivity index (χ0n) is 11.9. The molecule has 0 spiro atoms. The fourth-order valence-corrected chi connectivity index (χ4v) is 2.89. The Kier molecular flexibility index (Phi) is 4.65. The average molecular weight is 246 g/mol. The van der Waals surface area contributed by atoms with Gasteiger partial charge in [-0.05, 0) is 30.9 Å². The minimum atomic E-state index is 0.632. The average Bonchev–Trinajstić information content (AvgIpc) is 2.39. The van der Waals surface area contributed by atoms with Gasteiger partial charge < -0.3 is 10.2 Å². The smallest absolute Gasteiger partial charge is 0.0412 e. The van der Waals surface area contributed by atoms with E-state index in [2.05, 4.69) is 61.3 Å². The molecule has 2 rings (SSSR count). The van der Waals surface area contributed by atoms with E-state index in [4.69, 9.17) is 0 Å². The first-order valence-electron chi connectivity index (χ1n) is 7.25. The molecule has 1 aliphatic heterocycles. The molecule has 1 aromatic rings. The van der Waals surface area contributed by atoms with E-state index < -0.39 is 0 Å². The van der Waals surface area contributed by atoms with Gasteiger partial charge in [0.15, 0.2) is 0 Å². The van der Waals surface area contributed by atoms with Crippen LogP contribution in [0, 0.1) is 5.92 Å². The van der Waals surface area contributed by atoms with Gasteiger partial charge in [-0.2, -0.15) is 0 Å². The molecule has 1 heterocycles. The maximum atomic E-state index is 3.71. The molecular weight excluding hydrogens is 220 g/mol. The molecule has 2 atom stereocenters. The first-order valence-corrected chi connectivity index (χ1v) is 7.25. The summed E-state index contributed by atoms with van der Waals surface area (Å²) in [7, 11) is 0. The van der Waals surface area contributed by atoms with E-state index in [0.717, 1.165) is 19.0 Å². The minimum absolute atomic E-state index is 0.632. The van der Waals surface area contributed by atoms with Crippen molar-refractivity contribution < 1.29 is 0 Å². The highest BCUT2D eigenvalue weighted by Crippen LogP contribution is 2.22. The van der Waals surface area contributed by atoms with Gasteiger partial charge in [0, 0.05) is 30.9 Å². The summed E-state index contributed by atoms with van der Waals surface area (Å²) in [5.74, 6) is 0.762. The van der Waals surface area contributed by atoms with Crippen LogP contribution in [0.4, 0.5) is 5.69 Å². The second kappa shape index (κ2) is 6.24. The van der Waals surface area contributed by atoms with E-state index >= 15 is 0 Å². The summed E-state index contributed by atoms with van der Waals surface area (Å²) < 4.78 is 0. The van der Waals surface area contributed by atoms with Gasteiger partial charge in [0.1, 0.15) is 0 Å². The number of nitrogens with one attached hydrogen (secondary N) is 1. The zero-order valence-corrected chi connectivity index (χ0v) is 11.9. The van der Waals surface area contributed by atoms with Gasteiger partial charge in [-0.15, -0.1) is 0 Å². The lowest BCUT2D eigenvalue weighted by Crippen LogP contribution is -2.56. The number of nitrogens with zero attached hydrogens (tertiary/aromatic N) is 1. The molecule has 0 amide bonds. The maximum Gasteiger partial charge on any atom is 0.0412 e. The summed E-state index contributed by atoms with van der Waals surface area (Å²) in [5.41, 5.74) is 1.37. The molecule has 0 saturated carbocycles. The SMILES string of the molecule is CCC1CNC(CC(C)C)CN1c1ccccc1. The molecule has 2 unspecified atom stereocenters. The van der Waals surface area contributed by atoms with Crippen LogP contribution in [0.1, 0.15) is 33.6 Å². The fraction of sp³-hybridized carbons (Fsp3) is 0.625. The van der Waals surface area contributed by atoms with Crippen molar-refractivity contribution in [1.82, 2.24) is 5.32 Å². The van der Waals surface area contributed by atoms with Crippen LogP contribution in [0.15, 0.2) is 30.3 Å². The topological polar surface area (TPSA) is 15.3 Å². The third-order valence-corrected chi connectivity index (χ3v) is 3.82. The molecular formula is C16H26N2. The van der Waals surface area contributed by atoms with Gasteiger partial charge in [-0.1, -0.05) is 39.0 Å². The highest BCUT2D eigenvalue weighted by Gasteiger charge is 2.26. The quantitative estimate of drug-likeness (QED) is 0.877. The highest BCUT2D eigenvalue weighted by atomic mass is 15.2. The van der Waals surface area contributed by atoms with Crippen LogP contribution in [0.25, 0.3) is 0 Å². The number of piperazine rings is 1. The summed E-state index contributed by atoms with van der Waals surface area (Å²) in [5, 5.41) is 3.71. The summed E-state index contributed by atoms with van der Waals surface area (Å²) >= 11 is 0. The molecule has 0 radical (unpaired) electrons.